The first-order valence-electron chi connectivity index (χ1n) is 8.37. The van der Waals surface area contributed by atoms with Crippen molar-refractivity contribution in [2.45, 2.75) is 12.5 Å². The molecule has 3 rings (SSSR count). The van der Waals surface area contributed by atoms with Crippen LogP contribution in [0, 0.1) is 11.6 Å². The van der Waals surface area contributed by atoms with Crippen molar-refractivity contribution in [3.63, 3.8) is 0 Å². The van der Waals surface area contributed by atoms with Crippen LogP contribution < -0.4 is 10.2 Å². The van der Waals surface area contributed by atoms with Crippen LogP contribution in [0.3, 0.4) is 0 Å². The Balaban J connectivity index is 2.41. The molecule has 3 aromatic rings. The van der Waals surface area contributed by atoms with Crippen LogP contribution in [0.5, 0.6) is 5.75 Å². The van der Waals surface area contributed by atoms with Crippen LogP contribution in [0.4, 0.5) is 8.78 Å². The van der Waals surface area contributed by atoms with Gasteiger partial charge in [0.1, 0.15) is 11.6 Å². The topological polar surface area (TPSA) is 106 Å². The first kappa shape index (κ1) is 20.0. The highest BCUT2D eigenvalue weighted by Crippen LogP contribution is 2.32. The standard InChI is InChI=1S/C20H15F2NO6/c1-29-18-15(22)13(21)8-11-16(18)23(9-12(17(11)24)19(25)26)14(20(27)28)7-10-5-3-2-4-6-10/h2-6,8-9,14H,7H2,1H3,(H,25,26)(H,27,28)/t14-/m0/s1. The molecule has 0 spiro atoms. The summed E-state index contributed by atoms with van der Waals surface area (Å²) in [6.07, 6.45) is 0.712. The molecule has 0 fully saturated rings. The third kappa shape index (κ3) is 3.54. The molecule has 1 heterocycles. The maximum atomic E-state index is 14.3. The van der Waals surface area contributed by atoms with Crippen LogP contribution in [0.15, 0.2) is 47.4 Å². The molecule has 0 bridgehead atoms. The van der Waals surface area contributed by atoms with E-state index < -0.39 is 51.7 Å². The van der Waals surface area contributed by atoms with E-state index in [0.29, 0.717) is 11.6 Å². The summed E-state index contributed by atoms with van der Waals surface area (Å²) in [5, 5.41) is 18.6. The molecule has 0 unspecified atom stereocenters. The number of halogens is 2. The number of ether oxygens (including phenoxy) is 1. The molecule has 0 aliphatic heterocycles. The van der Waals surface area contributed by atoms with Crippen molar-refractivity contribution in [1.29, 1.82) is 0 Å². The van der Waals surface area contributed by atoms with Gasteiger partial charge in [-0.2, -0.15) is 4.39 Å². The van der Waals surface area contributed by atoms with Gasteiger partial charge in [-0.05, 0) is 11.6 Å². The van der Waals surface area contributed by atoms with Gasteiger partial charge in [0.2, 0.25) is 11.2 Å². The third-order valence-corrected chi connectivity index (χ3v) is 4.49. The number of rotatable bonds is 6. The summed E-state index contributed by atoms with van der Waals surface area (Å²) in [5.41, 5.74) is -1.59. The average molecular weight is 403 g/mol. The van der Waals surface area contributed by atoms with Crippen molar-refractivity contribution in [1.82, 2.24) is 4.57 Å². The maximum absolute atomic E-state index is 14.3. The molecule has 7 nitrogen and oxygen atoms in total. The predicted octanol–water partition coefficient (Wildman–Crippen LogP) is 2.85. The molecule has 29 heavy (non-hydrogen) atoms. The van der Waals surface area contributed by atoms with Gasteiger partial charge in [0, 0.05) is 12.6 Å². The number of nitrogens with zero attached hydrogens (tertiary/aromatic N) is 1. The van der Waals surface area contributed by atoms with E-state index in [-0.39, 0.29) is 11.9 Å². The van der Waals surface area contributed by atoms with Gasteiger partial charge in [0.05, 0.1) is 18.0 Å². The number of aromatic nitrogens is 1. The molecule has 0 aliphatic rings. The van der Waals surface area contributed by atoms with E-state index in [2.05, 4.69) is 0 Å². The SMILES string of the molecule is COc1c(F)c(F)cc2c(=O)c(C(=O)O)cn([C@@H](Cc3ccccc3)C(=O)O)c12. The molecule has 1 aromatic heterocycles. The van der Waals surface area contributed by atoms with Crippen molar-refractivity contribution in [3.05, 3.63) is 75.6 Å². The first-order chi connectivity index (χ1) is 13.8. The van der Waals surface area contributed by atoms with E-state index in [0.717, 1.165) is 17.9 Å². The quantitative estimate of drug-likeness (QED) is 0.656. The molecular formula is C20H15F2NO6. The molecular weight excluding hydrogens is 388 g/mol. The number of benzene rings is 2. The van der Waals surface area contributed by atoms with E-state index in [1.54, 1.807) is 30.3 Å². The molecule has 2 N–H and O–H groups in total. The smallest absolute Gasteiger partial charge is 0.341 e. The third-order valence-electron chi connectivity index (χ3n) is 4.49. The van der Waals surface area contributed by atoms with Gasteiger partial charge in [-0.25, -0.2) is 14.0 Å². The molecule has 0 saturated carbocycles. The van der Waals surface area contributed by atoms with Crippen molar-refractivity contribution in [3.8, 4) is 5.75 Å². The number of methoxy groups -OCH3 is 1. The molecule has 0 aliphatic carbocycles. The lowest BCUT2D eigenvalue weighted by Crippen LogP contribution is -2.27. The summed E-state index contributed by atoms with van der Waals surface area (Å²) in [4.78, 5) is 36.0. The Bertz CT molecular complexity index is 1170. The Morgan fingerprint density at radius 3 is 2.38 bits per heavy atom. The van der Waals surface area contributed by atoms with Crippen LogP contribution in [0.2, 0.25) is 0 Å². The average Bonchev–Trinajstić information content (AvgIpc) is 2.69. The van der Waals surface area contributed by atoms with Crippen LogP contribution in [-0.4, -0.2) is 33.8 Å². The lowest BCUT2D eigenvalue weighted by molar-refractivity contribution is -0.140. The summed E-state index contributed by atoms with van der Waals surface area (Å²) < 4.78 is 34.1. The summed E-state index contributed by atoms with van der Waals surface area (Å²) >= 11 is 0. The zero-order chi connectivity index (χ0) is 21.3. The highest BCUT2D eigenvalue weighted by atomic mass is 19.2. The first-order valence-corrected chi connectivity index (χ1v) is 8.37. The van der Waals surface area contributed by atoms with E-state index >= 15 is 0 Å². The Kier molecular flexibility index (Phi) is 5.31. The molecule has 2 aromatic carbocycles. The summed E-state index contributed by atoms with van der Waals surface area (Å²) in [6.45, 7) is 0. The Morgan fingerprint density at radius 1 is 1.17 bits per heavy atom. The number of fused-ring (bicyclic) bond motifs is 1. The van der Waals surface area contributed by atoms with Gasteiger partial charge in [-0.15, -0.1) is 0 Å². The van der Waals surface area contributed by atoms with Crippen LogP contribution in [-0.2, 0) is 11.2 Å². The molecule has 0 amide bonds. The number of aromatic carboxylic acids is 1. The number of aliphatic carboxylic acids is 1. The van der Waals surface area contributed by atoms with Gasteiger partial charge in [-0.1, -0.05) is 30.3 Å². The second-order valence-electron chi connectivity index (χ2n) is 6.23. The van der Waals surface area contributed by atoms with E-state index in [1.807, 2.05) is 0 Å². The second kappa shape index (κ2) is 7.70. The Labute approximate surface area is 162 Å². The maximum Gasteiger partial charge on any atom is 0.341 e. The van der Waals surface area contributed by atoms with Crippen LogP contribution in [0.1, 0.15) is 22.0 Å². The van der Waals surface area contributed by atoms with Crippen molar-refractivity contribution in [2.24, 2.45) is 0 Å². The number of hydrogen-bond donors (Lipinski definition) is 2. The fourth-order valence-electron chi connectivity index (χ4n) is 3.16. The number of hydrogen-bond acceptors (Lipinski definition) is 4. The summed E-state index contributed by atoms with van der Waals surface area (Å²) in [5.74, 6) is -6.51. The minimum Gasteiger partial charge on any atom is -0.491 e. The molecule has 9 heteroatoms. The minimum atomic E-state index is -1.63. The van der Waals surface area contributed by atoms with Gasteiger partial charge >= 0.3 is 11.9 Å². The number of carboxylic acid groups (broad SMARTS) is 2. The fourth-order valence-corrected chi connectivity index (χ4v) is 3.16. The largest absolute Gasteiger partial charge is 0.491 e. The zero-order valence-electron chi connectivity index (χ0n) is 15.1. The Morgan fingerprint density at radius 2 is 1.83 bits per heavy atom. The molecule has 0 radical (unpaired) electrons. The van der Waals surface area contributed by atoms with E-state index in [9.17, 15) is 33.4 Å². The Hall–Kier alpha value is -3.75. The number of carboxylic acids is 2. The highest BCUT2D eigenvalue weighted by molar-refractivity contribution is 5.95. The van der Waals surface area contributed by atoms with Crippen molar-refractivity contribution in [2.75, 3.05) is 7.11 Å². The van der Waals surface area contributed by atoms with E-state index in [4.69, 9.17) is 4.74 Å². The monoisotopic (exact) mass is 403 g/mol. The van der Waals surface area contributed by atoms with Gasteiger partial charge in [-0.3, -0.25) is 4.79 Å². The summed E-state index contributed by atoms with van der Waals surface area (Å²) in [7, 11) is 1.03. The molecule has 1 atom stereocenters. The number of carbonyl (C=O) groups is 2. The van der Waals surface area contributed by atoms with Gasteiger partial charge in [0.15, 0.2) is 11.6 Å². The fraction of sp³-hybridized carbons (Fsp3) is 0.150. The highest BCUT2D eigenvalue weighted by Gasteiger charge is 2.28. The molecule has 150 valence electrons. The van der Waals surface area contributed by atoms with Crippen molar-refractivity contribution >= 4 is 22.8 Å². The van der Waals surface area contributed by atoms with Crippen LogP contribution >= 0.6 is 0 Å². The lowest BCUT2D eigenvalue weighted by atomic mass is 10.0. The molecule has 0 saturated heterocycles. The zero-order valence-corrected chi connectivity index (χ0v) is 15.1. The predicted molar refractivity (Wildman–Crippen MR) is 98.5 cm³/mol. The van der Waals surface area contributed by atoms with Crippen molar-refractivity contribution < 1.29 is 33.3 Å². The minimum absolute atomic E-state index is 0.102. The van der Waals surface area contributed by atoms with Gasteiger partial charge in [0.25, 0.3) is 0 Å². The number of pyridine rings is 1. The summed E-state index contributed by atoms with van der Waals surface area (Å²) in [6, 6.07) is 7.56. The lowest BCUT2D eigenvalue weighted by Gasteiger charge is -2.21. The van der Waals surface area contributed by atoms with Crippen LogP contribution in [0.25, 0.3) is 10.9 Å². The second-order valence-corrected chi connectivity index (χ2v) is 6.23. The van der Waals surface area contributed by atoms with Gasteiger partial charge < -0.3 is 19.5 Å². The van der Waals surface area contributed by atoms with E-state index in [1.165, 1.54) is 0 Å². The normalized spacial score (nSPS) is 12.0.